The summed E-state index contributed by atoms with van der Waals surface area (Å²) in [6.07, 6.45) is 5.59. The number of hydrogen-bond acceptors (Lipinski definition) is 5. The van der Waals surface area contributed by atoms with Crippen LogP contribution in [0.15, 0.2) is 64.9 Å². The molecule has 1 unspecified atom stereocenters. The molecule has 2 aromatic carbocycles. The van der Waals surface area contributed by atoms with E-state index in [-0.39, 0.29) is 12.5 Å². The molecule has 1 atom stereocenters. The summed E-state index contributed by atoms with van der Waals surface area (Å²) in [6, 6.07) is 11.2. The molecule has 0 spiro atoms. The van der Waals surface area contributed by atoms with Crippen LogP contribution in [-0.2, 0) is 6.54 Å². The Morgan fingerprint density at radius 2 is 1.70 bits per heavy atom. The van der Waals surface area contributed by atoms with E-state index >= 15 is 0 Å². The van der Waals surface area contributed by atoms with E-state index in [2.05, 4.69) is 4.98 Å². The maximum atomic E-state index is 9.49. The van der Waals surface area contributed by atoms with E-state index in [1.807, 2.05) is 41.1 Å². The molecule has 1 N–H and O–H groups in total. The highest BCUT2D eigenvalue weighted by Crippen LogP contribution is 2.36. The van der Waals surface area contributed by atoms with Crippen LogP contribution in [0.5, 0.6) is 11.5 Å². The number of aliphatic hydroxyl groups excluding tert-OH is 1. The Kier molecular flexibility index (Phi) is 9.03. The monoisotopic (exact) mass is 486 g/mol. The Hall–Kier alpha value is -1.57. The first-order valence-corrected chi connectivity index (χ1v) is 11.4. The van der Waals surface area contributed by atoms with Crippen molar-refractivity contribution >= 4 is 46.6 Å². The minimum absolute atomic E-state index is 0.0924. The number of halogens is 3. The minimum atomic E-state index is -0.731. The smallest absolute Gasteiger partial charge is 0.138 e. The number of benzene rings is 2. The van der Waals surface area contributed by atoms with Gasteiger partial charge in [0.05, 0.1) is 28.9 Å². The summed E-state index contributed by atoms with van der Waals surface area (Å²) in [5.74, 6) is 1.27. The largest absolute Gasteiger partial charge is 0.492 e. The van der Waals surface area contributed by atoms with Crippen molar-refractivity contribution < 1.29 is 14.6 Å². The third kappa shape index (κ3) is 7.00. The summed E-state index contributed by atoms with van der Waals surface area (Å²) in [6.45, 7) is 1.51. The second kappa shape index (κ2) is 11.7. The summed E-state index contributed by atoms with van der Waals surface area (Å²) < 4.78 is 13.3. The maximum absolute atomic E-state index is 9.49. The highest BCUT2D eigenvalue weighted by atomic mass is 35.5. The van der Waals surface area contributed by atoms with Crippen LogP contribution in [0, 0.1) is 0 Å². The second-order valence-corrected chi connectivity index (χ2v) is 8.68. The Bertz CT molecular complexity index is 941. The molecular formula is C21H21Cl3N2O3S. The zero-order chi connectivity index (χ0) is 21.3. The average molecular weight is 488 g/mol. The van der Waals surface area contributed by atoms with Gasteiger partial charge in [-0.2, -0.15) is 0 Å². The van der Waals surface area contributed by atoms with Gasteiger partial charge in [-0.05, 0) is 42.8 Å². The van der Waals surface area contributed by atoms with Gasteiger partial charge in [0.25, 0.3) is 0 Å². The van der Waals surface area contributed by atoms with Crippen LogP contribution in [0.1, 0.15) is 6.42 Å². The molecule has 1 aromatic heterocycles. The highest BCUT2D eigenvalue weighted by molar-refractivity contribution is 7.99. The van der Waals surface area contributed by atoms with Crippen LogP contribution in [0.2, 0.25) is 10.0 Å². The number of rotatable bonds is 11. The number of aryl methyl sites for hydroxylation is 1. The van der Waals surface area contributed by atoms with E-state index in [1.165, 1.54) is 11.8 Å². The first-order chi connectivity index (χ1) is 14.5. The molecule has 0 radical (unpaired) electrons. The SMILES string of the molecule is OC(CCl)COc1ccc(Sc2ccc(OCCCn3ccnc3)c(Cl)c2)cc1Cl. The molecule has 0 aliphatic carbocycles. The minimum Gasteiger partial charge on any atom is -0.492 e. The molecule has 160 valence electrons. The zero-order valence-corrected chi connectivity index (χ0v) is 19.1. The molecule has 5 nitrogen and oxygen atoms in total. The Labute approximate surface area is 194 Å². The fraction of sp³-hybridized carbons (Fsp3) is 0.286. The van der Waals surface area contributed by atoms with Crippen LogP contribution in [0.3, 0.4) is 0 Å². The molecule has 0 fully saturated rings. The lowest BCUT2D eigenvalue weighted by atomic mass is 10.3. The molecule has 3 rings (SSSR count). The average Bonchev–Trinajstić information content (AvgIpc) is 3.25. The summed E-state index contributed by atoms with van der Waals surface area (Å²) in [5, 5.41) is 10.5. The van der Waals surface area contributed by atoms with Gasteiger partial charge in [0, 0.05) is 28.7 Å². The number of aromatic nitrogens is 2. The quantitative estimate of drug-likeness (QED) is 0.274. The Balaban J connectivity index is 1.52. The third-order valence-corrected chi connectivity index (χ3v) is 5.96. The van der Waals surface area contributed by atoms with Gasteiger partial charge in [0.2, 0.25) is 0 Å². The number of alkyl halides is 1. The van der Waals surface area contributed by atoms with Crippen molar-refractivity contribution in [1.29, 1.82) is 0 Å². The standard InChI is InChI=1S/C21H21Cl3N2O3S/c22-12-15(27)13-29-21-5-3-17(11-19(21)24)30-16-2-4-20(18(23)10-16)28-9-1-7-26-8-6-25-14-26/h2-6,8,10-11,14-15,27H,1,7,9,12-13H2. The predicted molar refractivity (Wildman–Crippen MR) is 122 cm³/mol. The van der Waals surface area contributed by atoms with Gasteiger partial charge < -0.3 is 19.1 Å². The summed E-state index contributed by atoms with van der Waals surface area (Å²) in [5.41, 5.74) is 0. The van der Waals surface area contributed by atoms with Crippen molar-refractivity contribution in [3.63, 3.8) is 0 Å². The molecule has 0 amide bonds. The van der Waals surface area contributed by atoms with E-state index in [0.717, 1.165) is 22.8 Å². The van der Waals surface area contributed by atoms with E-state index in [1.54, 1.807) is 18.6 Å². The summed E-state index contributed by atoms with van der Waals surface area (Å²) >= 11 is 19.8. The van der Waals surface area contributed by atoms with E-state index < -0.39 is 6.10 Å². The van der Waals surface area contributed by atoms with Crippen LogP contribution in [0.4, 0.5) is 0 Å². The van der Waals surface area contributed by atoms with Crippen molar-refractivity contribution in [2.45, 2.75) is 28.9 Å². The first-order valence-electron chi connectivity index (χ1n) is 9.27. The van der Waals surface area contributed by atoms with E-state index in [4.69, 9.17) is 44.3 Å². The Morgan fingerprint density at radius 1 is 1.03 bits per heavy atom. The molecule has 0 bridgehead atoms. The van der Waals surface area contributed by atoms with Gasteiger partial charge in [0.15, 0.2) is 0 Å². The number of nitrogens with zero attached hydrogens (tertiary/aromatic N) is 2. The topological polar surface area (TPSA) is 56.5 Å². The molecule has 30 heavy (non-hydrogen) atoms. The molecule has 0 aliphatic heterocycles. The third-order valence-electron chi connectivity index (χ3n) is 4.03. The lowest BCUT2D eigenvalue weighted by Gasteiger charge is -2.12. The summed E-state index contributed by atoms with van der Waals surface area (Å²) in [7, 11) is 0. The molecular weight excluding hydrogens is 467 g/mol. The van der Waals surface area contributed by atoms with Gasteiger partial charge in [-0.3, -0.25) is 0 Å². The Morgan fingerprint density at radius 3 is 2.27 bits per heavy atom. The molecule has 0 aliphatic rings. The number of ether oxygens (including phenoxy) is 2. The zero-order valence-electron chi connectivity index (χ0n) is 16.0. The number of imidazole rings is 1. The normalized spacial score (nSPS) is 12.0. The van der Waals surface area contributed by atoms with Crippen LogP contribution in [0.25, 0.3) is 0 Å². The van der Waals surface area contributed by atoms with E-state index in [9.17, 15) is 5.11 Å². The molecule has 3 aromatic rings. The van der Waals surface area contributed by atoms with Gasteiger partial charge in [-0.25, -0.2) is 4.98 Å². The van der Waals surface area contributed by atoms with Crippen LogP contribution in [-0.4, -0.2) is 39.9 Å². The van der Waals surface area contributed by atoms with Gasteiger partial charge >= 0.3 is 0 Å². The van der Waals surface area contributed by atoms with Gasteiger partial charge in [0.1, 0.15) is 24.2 Å². The number of aliphatic hydroxyl groups is 1. The second-order valence-electron chi connectivity index (χ2n) is 6.41. The molecule has 0 saturated heterocycles. The lowest BCUT2D eigenvalue weighted by Crippen LogP contribution is -2.18. The lowest BCUT2D eigenvalue weighted by molar-refractivity contribution is 0.125. The molecule has 1 heterocycles. The van der Waals surface area contributed by atoms with Crippen LogP contribution < -0.4 is 9.47 Å². The van der Waals surface area contributed by atoms with Crippen LogP contribution >= 0.6 is 46.6 Å². The molecule has 9 heteroatoms. The van der Waals surface area contributed by atoms with Crippen molar-refractivity contribution in [2.24, 2.45) is 0 Å². The van der Waals surface area contributed by atoms with Gasteiger partial charge in [-0.1, -0.05) is 35.0 Å². The van der Waals surface area contributed by atoms with Crippen molar-refractivity contribution in [3.05, 3.63) is 65.2 Å². The maximum Gasteiger partial charge on any atom is 0.138 e. The number of hydrogen-bond donors (Lipinski definition) is 1. The fourth-order valence-corrected chi connectivity index (χ4v) is 4.13. The highest BCUT2D eigenvalue weighted by Gasteiger charge is 2.09. The van der Waals surface area contributed by atoms with Gasteiger partial charge in [-0.15, -0.1) is 11.6 Å². The van der Waals surface area contributed by atoms with E-state index in [0.29, 0.717) is 28.2 Å². The van der Waals surface area contributed by atoms with Crippen molar-refractivity contribution in [2.75, 3.05) is 19.1 Å². The van der Waals surface area contributed by atoms with Crippen molar-refractivity contribution in [1.82, 2.24) is 9.55 Å². The first kappa shape index (κ1) is 23.1. The predicted octanol–water partition coefficient (Wildman–Crippen LogP) is 5.79. The summed E-state index contributed by atoms with van der Waals surface area (Å²) in [4.78, 5) is 5.92. The fourth-order valence-electron chi connectivity index (χ4n) is 2.54. The van der Waals surface area contributed by atoms with Crippen molar-refractivity contribution in [3.8, 4) is 11.5 Å². The molecule has 0 saturated carbocycles.